The van der Waals surface area contributed by atoms with Gasteiger partial charge in [0.15, 0.2) is 5.78 Å². The molecule has 0 aromatic heterocycles. The molecule has 0 fully saturated rings. The zero-order valence-corrected chi connectivity index (χ0v) is 20.1. The monoisotopic (exact) mass is 505 g/mol. The maximum atomic E-state index is 14.2. The third-order valence-electron chi connectivity index (χ3n) is 6.26. The third-order valence-corrected chi connectivity index (χ3v) is 7.25. The summed E-state index contributed by atoms with van der Waals surface area (Å²) in [4.78, 5) is 32.4. The van der Waals surface area contributed by atoms with Crippen molar-refractivity contribution < 1.29 is 27.9 Å². The topological polar surface area (TPSA) is 74.6 Å². The summed E-state index contributed by atoms with van der Waals surface area (Å²) < 4.78 is 39.7. The molecule has 4 rings (SSSR count). The predicted molar refractivity (Wildman–Crippen MR) is 134 cm³/mol. The summed E-state index contributed by atoms with van der Waals surface area (Å²) in [5, 5.41) is 0. The van der Waals surface area contributed by atoms with E-state index in [4.69, 9.17) is 9.79 Å². The van der Waals surface area contributed by atoms with Gasteiger partial charge in [0.1, 0.15) is 0 Å². The minimum Gasteiger partial charge on any atom is -0.320 e. The Morgan fingerprint density at radius 3 is 1.75 bits per heavy atom. The summed E-state index contributed by atoms with van der Waals surface area (Å²) >= 11 is 0. The molecule has 4 aromatic carbocycles. The minimum absolute atomic E-state index is 0.119. The Hall–Kier alpha value is -3.44. The van der Waals surface area contributed by atoms with Crippen LogP contribution in [0.1, 0.15) is 32.6 Å². The van der Waals surface area contributed by atoms with Gasteiger partial charge in [0.2, 0.25) is 0 Å². The predicted octanol–water partition coefficient (Wildman–Crippen LogP) is 6.32. The fourth-order valence-corrected chi connectivity index (χ4v) is 4.89. The number of alkyl halides is 2. The van der Waals surface area contributed by atoms with E-state index in [0.29, 0.717) is 17.5 Å². The molecule has 183 valence electrons. The SMILES string of the molecule is O=C(c1ccccc1)C(Cc1cc[c]cc1)(Cc1ccc(C(F)(F)P(=O)(O)O)cc1)c1ccccc1. The standard InChI is InChI=1S/C29H24F2O4P/c30-29(31,36(33,34)35)26-18-16-23(17-19-26)21-28(25-14-8-3-9-15-25,20-22-10-4-1-5-11-22)27(32)24-12-6-2-7-13-24/h2-19H,20-21H2,(H2,33,34,35). The van der Waals surface area contributed by atoms with Gasteiger partial charge in [-0.25, -0.2) is 0 Å². The number of Topliss-reactive ketones (excluding diaryl/α,β-unsaturated/α-hetero) is 1. The number of ketones is 1. The van der Waals surface area contributed by atoms with Crippen LogP contribution < -0.4 is 0 Å². The minimum atomic E-state index is -5.69. The van der Waals surface area contributed by atoms with Gasteiger partial charge in [0, 0.05) is 11.1 Å². The first-order chi connectivity index (χ1) is 17.1. The lowest BCUT2D eigenvalue weighted by Crippen LogP contribution is -2.40. The number of hydrogen-bond donors (Lipinski definition) is 2. The van der Waals surface area contributed by atoms with Gasteiger partial charge in [-0.3, -0.25) is 9.36 Å². The van der Waals surface area contributed by atoms with E-state index < -0.39 is 24.2 Å². The molecule has 0 saturated carbocycles. The lowest BCUT2D eigenvalue weighted by molar-refractivity contribution is 0.0564. The van der Waals surface area contributed by atoms with Gasteiger partial charge in [-0.2, -0.15) is 8.78 Å². The average Bonchev–Trinajstić information content (AvgIpc) is 2.89. The van der Waals surface area contributed by atoms with E-state index in [2.05, 4.69) is 6.07 Å². The molecule has 4 aromatic rings. The number of hydrogen-bond acceptors (Lipinski definition) is 2. The molecule has 0 heterocycles. The van der Waals surface area contributed by atoms with E-state index in [1.54, 1.807) is 36.4 Å². The van der Waals surface area contributed by atoms with Crippen LogP contribution in [0.2, 0.25) is 0 Å². The molecule has 4 nitrogen and oxygen atoms in total. The van der Waals surface area contributed by atoms with E-state index in [-0.39, 0.29) is 12.2 Å². The molecule has 2 N–H and O–H groups in total. The van der Waals surface area contributed by atoms with Crippen LogP contribution in [0.4, 0.5) is 8.78 Å². The zero-order chi connectivity index (χ0) is 25.8. The van der Waals surface area contributed by atoms with Crippen molar-refractivity contribution in [3.05, 3.63) is 143 Å². The lowest BCUT2D eigenvalue weighted by Gasteiger charge is -2.34. The van der Waals surface area contributed by atoms with E-state index >= 15 is 0 Å². The Bertz CT molecular complexity index is 1360. The molecule has 0 aliphatic heterocycles. The van der Waals surface area contributed by atoms with Crippen molar-refractivity contribution in [2.45, 2.75) is 23.9 Å². The molecule has 0 bridgehead atoms. The quantitative estimate of drug-likeness (QED) is 0.206. The van der Waals surface area contributed by atoms with Crippen molar-refractivity contribution in [1.29, 1.82) is 0 Å². The Labute approximate surface area is 208 Å². The smallest absolute Gasteiger partial charge is 0.320 e. The third kappa shape index (κ3) is 5.21. The number of benzene rings is 4. The van der Waals surface area contributed by atoms with E-state index in [1.165, 1.54) is 12.1 Å². The van der Waals surface area contributed by atoms with Gasteiger partial charge < -0.3 is 9.79 Å². The Balaban J connectivity index is 1.84. The molecule has 1 atom stereocenters. The molecule has 1 radical (unpaired) electrons. The molecule has 0 aliphatic rings. The van der Waals surface area contributed by atoms with E-state index in [9.17, 15) is 18.1 Å². The number of carbonyl (C=O) groups excluding carboxylic acids is 1. The summed E-state index contributed by atoms with van der Waals surface area (Å²) in [6.45, 7) is 0. The van der Waals surface area contributed by atoms with Crippen molar-refractivity contribution >= 4 is 13.4 Å². The maximum absolute atomic E-state index is 14.2. The van der Waals surface area contributed by atoms with Crippen LogP contribution in [0.5, 0.6) is 0 Å². The second kappa shape index (κ2) is 10.3. The van der Waals surface area contributed by atoms with Crippen LogP contribution in [0.15, 0.2) is 109 Å². The van der Waals surface area contributed by atoms with Crippen molar-refractivity contribution in [1.82, 2.24) is 0 Å². The van der Waals surface area contributed by atoms with Crippen LogP contribution in [-0.4, -0.2) is 15.6 Å². The summed E-state index contributed by atoms with van der Waals surface area (Å²) in [6, 6.07) is 33.4. The molecular formula is C29H24F2O4P. The van der Waals surface area contributed by atoms with E-state index in [1.807, 2.05) is 48.5 Å². The van der Waals surface area contributed by atoms with Gasteiger partial charge >= 0.3 is 13.3 Å². The van der Waals surface area contributed by atoms with Gasteiger partial charge in [-0.05, 0) is 35.6 Å². The summed E-state index contributed by atoms with van der Waals surface area (Å²) in [6.07, 6.45) is 0.533. The largest absolute Gasteiger partial charge is 0.399 e. The molecule has 1 unspecified atom stereocenters. The second-order valence-corrected chi connectivity index (χ2v) is 10.3. The van der Waals surface area contributed by atoms with Gasteiger partial charge in [-0.1, -0.05) is 109 Å². The molecule has 0 spiro atoms. The Morgan fingerprint density at radius 2 is 1.22 bits per heavy atom. The molecule has 0 saturated heterocycles. The van der Waals surface area contributed by atoms with Crippen LogP contribution in [0.3, 0.4) is 0 Å². The summed E-state index contributed by atoms with van der Waals surface area (Å²) in [5.74, 6) is -0.119. The Morgan fingerprint density at radius 1 is 0.722 bits per heavy atom. The molecular weight excluding hydrogens is 481 g/mol. The molecule has 0 amide bonds. The van der Waals surface area contributed by atoms with Crippen molar-refractivity contribution in [2.24, 2.45) is 0 Å². The maximum Gasteiger partial charge on any atom is 0.399 e. The summed E-state index contributed by atoms with van der Waals surface area (Å²) in [7, 11) is -5.69. The second-order valence-electron chi connectivity index (χ2n) is 8.69. The number of rotatable bonds is 9. The Kier molecular flexibility index (Phi) is 7.32. The highest BCUT2D eigenvalue weighted by Gasteiger charge is 2.50. The average molecular weight is 505 g/mol. The van der Waals surface area contributed by atoms with Crippen LogP contribution >= 0.6 is 7.60 Å². The highest BCUT2D eigenvalue weighted by atomic mass is 31.2. The van der Waals surface area contributed by atoms with Crippen LogP contribution in [-0.2, 0) is 28.5 Å². The van der Waals surface area contributed by atoms with Crippen LogP contribution in [0, 0.1) is 6.07 Å². The zero-order valence-electron chi connectivity index (χ0n) is 19.2. The van der Waals surface area contributed by atoms with E-state index in [0.717, 1.165) is 23.3 Å². The fourth-order valence-electron chi connectivity index (χ4n) is 4.41. The van der Waals surface area contributed by atoms with Gasteiger partial charge in [-0.15, -0.1) is 0 Å². The first-order valence-corrected chi connectivity index (χ1v) is 12.9. The van der Waals surface area contributed by atoms with Crippen molar-refractivity contribution in [3.63, 3.8) is 0 Å². The van der Waals surface area contributed by atoms with Crippen molar-refractivity contribution in [3.8, 4) is 0 Å². The van der Waals surface area contributed by atoms with Crippen LogP contribution in [0.25, 0.3) is 0 Å². The molecule has 0 aliphatic carbocycles. The lowest BCUT2D eigenvalue weighted by atomic mass is 9.67. The van der Waals surface area contributed by atoms with Gasteiger partial charge in [0.05, 0.1) is 5.41 Å². The highest BCUT2D eigenvalue weighted by molar-refractivity contribution is 7.52. The normalized spacial score (nSPS) is 13.7. The number of halogens is 2. The molecule has 7 heteroatoms. The fraction of sp³-hybridized carbons (Fsp3) is 0.138. The first-order valence-electron chi connectivity index (χ1n) is 11.3. The highest BCUT2D eigenvalue weighted by Crippen LogP contribution is 2.59. The first kappa shape index (κ1) is 25.6. The number of carbonyl (C=O) groups is 1. The van der Waals surface area contributed by atoms with Gasteiger partial charge in [0.25, 0.3) is 0 Å². The summed E-state index contributed by atoms with van der Waals surface area (Å²) in [5.41, 5.74) is -3.37. The van der Waals surface area contributed by atoms with Crippen molar-refractivity contribution in [2.75, 3.05) is 0 Å². The molecule has 36 heavy (non-hydrogen) atoms.